The highest BCUT2D eigenvalue weighted by Crippen LogP contribution is 2.22. The number of amides is 1. The van der Waals surface area contributed by atoms with E-state index in [4.69, 9.17) is 14.2 Å². The van der Waals surface area contributed by atoms with E-state index in [1.807, 2.05) is 18.2 Å². The number of rotatable bonds is 41. The molecule has 1 fully saturated rings. The Bertz CT molecular complexity index is 1170. The number of carbonyl (C=O) groups is 2. The summed E-state index contributed by atoms with van der Waals surface area (Å²) in [6, 6.07) is -0.869. The maximum atomic E-state index is 12.9. The quantitative estimate of drug-likeness (QED) is 0.0197. The Hall–Kier alpha value is -2.38. The molecule has 11 heteroatoms. The smallest absolute Gasteiger partial charge is 0.305 e. The van der Waals surface area contributed by atoms with E-state index in [0.29, 0.717) is 19.4 Å². The molecule has 0 aliphatic carbocycles. The van der Waals surface area contributed by atoms with Gasteiger partial charge in [0.1, 0.15) is 24.4 Å². The Morgan fingerprint density at radius 1 is 0.597 bits per heavy atom. The molecule has 0 radical (unpaired) electrons. The van der Waals surface area contributed by atoms with E-state index in [1.54, 1.807) is 6.08 Å². The minimum absolute atomic E-state index is 0.0411. The lowest BCUT2D eigenvalue weighted by Crippen LogP contribution is -2.60. The van der Waals surface area contributed by atoms with Crippen LogP contribution in [0.1, 0.15) is 200 Å². The molecule has 1 aliphatic rings. The van der Waals surface area contributed by atoms with Crippen molar-refractivity contribution in [1.82, 2.24) is 5.32 Å². The van der Waals surface area contributed by atoms with Crippen LogP contribution >= 0.6 is 0 Å². The molecule has 7 atom stereocenters. The van der Waals surface area contributed by atoms with Gasteiger partial charge in [-0.25, -0.2) is 0 Å². The van der Waals surface area contributed by atoms with Crippen LogP contribution in [0.4, 0.5) is 0 Å². The highest BCUT2D eigenvalue weighted by Gasteiger charge is 2.44. The lowest BCUT2D eigenvalue weighted by molar-refractivity contribution is -0.302. The van der Waals surface area contributed by atoms with Crippen LogP contribution in [-0.2, 0) is 23.8 Å². The Morgan fingerprint density at radius 2 is 1.11 bits per heavy atom. The lowest BCUT2D eigenvalue weighted by atomic mass is 9.99. The van der Waals surface area contributed by atoms with Crippen molar-refractivity contribution >= 4 is 11.9 Å². The van der Waals surface area contributed by atoms with Crippen LogP contribution in [0, 0.1) is 0 Å². The molecule has 0 aromatic heterocycles. The third-order valence-electron chi connectivity index (χ3n) is 11.4. The fraction of sp³-hybridized carbons (Fsp3) is 0.804. The molecule has 1 saturated heterocycles. The molecule has 1 heterocycles. The molecule has 0 spiro atoms. The summed E-state index contributed by atoms with van der Waals surface area (Å²) in [5.74, 6) is -0.318. The van der Waals surface area contributed by atoms with Crippen molar-refractivity contribution in [2.75, 3.05) is 19.8 Å². The number of aliphatic hydroxyl groups excluding tert-OH is 5. The molecule has 11 nitrogen and oxygen atoms in total. The summed E-state index contributed by atoms with van der Waals surface area (Å²) in [5.41, 5.74) is 0. The van der Waals surface area contributed by atoms with Gasteiger partial charge >= 0.3 is 5.97 Å². The van der Waals surface area contributed by atoms with Crippen molar-refractivity contribution in [3.63, 3.8) is 0 Å². The van der Waals surface area contributed by atoms with Gasteiger partial charge in [0.15, 0.2) is 6.29 Å². The first-order valence-electron chi connectivity index (χ1n) is 24.9. The Kier molecular flexibility index (Phi) is 38.4. The number of hydrogen-bond donors (Lipinski definition) is 6. The van der Waals surface area contributed by atoms with E-state index in [-0.39, 0.29) is 24.9 Å². The van der Waals surface area contributed by atoms with Crippen LogP contribution in [0.25, 0.3) is 0 Å². The van der Waals surface area contributed by atoms with E-state index >= 15 is 0 Å². The summed E-state index contributed by atoms with van der Waals surface area (Å²) in [5, 5.41) is 53.9. The standard InChI is InChI=1S/C51H91NO10/c1-3-5-7-9-11-13-14-19-23-27-31-35-39-47(56)60-40-36-32-28-24-20-17-15-16-18-22-26-30-34-38-46(55)52-43(44(54)37-33-29-25-21-12-10-8-6-4-2)42-61-51-50(59)49(58)48(57)45(41-53)62-51/h12,16,18,21,26,30,33,37,43-45,48-51,53-54,57-59H,3-11,13-15,17,19-20,22-25,27-29,31-32,34-36,38-42H2,1-2H3,(H,52,55)/b18-16-,21-12+,30-26-,37-33+. The molecule has 0 aromatic carbocycles. The van der Waals surface area contributed by atoms with Gasteiger partial charge in [0, 0.05) is 12.8 Å². The number of nitrogens with one attached hydrogen (secondary N) is 1. The average molecular weight is 878 g/mol. The van der Waals surface area contributed by atoms with Crippen LogP contribution in [-0.4, -0.2) is 100 Å². The molecule has 360 valence electrons. The normalized spacial score (nSPS) is 20.5. The molecular weight excluding hydrogens is 787 g/mol. The van der Waals surface area contributed by atoms with Crippen LogP contribution < -0.4 is 5.32 Å². The molecular formula is C51H91NO10. The molecule has 7 unspecified atom stereocenters. The van der Waals surface area contributed by atoms with Crippen LogP contribution in [0.15, 0.2) is 48.6 Å². The largest absolute Gasteiger partial charge is 0.466 e. The molecule has 1 amide bonds. The van der Waals surface area contributed by atoms with Crippen LogP contribution in [0.2, 0.25) is 0 Å². The van der Waals surface area contributed by atoms with Crippen molar-refractivity contribution in [2.45, 2.75) is 243 Å². The van der Waals surface area contributed by atoms with Gasteiger partial charge < -0.3 is 45.1 Å². The van der Waals surface area contributed by atoms with Gasteiger partial charge in [-0.05, 0) is 64.2 Å². The first-order valence-corrected chi connectivity index (χ1v) is 24.9. The monoisotopic (exact) mass is 878 g/mol. The first-order chi connectivity index (χ1) is 30.2. The number of ether oxygens (including phenoxy) is 3. The molecule has 1 aliphatic heterocycles. The van der Waals surface area contributed by atoms with E-state index in [9.17, 15) is 35.1 Å². The summed E-state index contributed by atoms with van der Waals surface area (Å²) in [6.45, 7) is 4.15. The van der Waals surface area contributed by atoms with Gasteiger partial charge in [-0.3, -0.25) is 9.59 Å². The van der Waals surface area contributed by atoms with Crippen molar-refractivity contribution in [3.8, 4) is 0 Å². The Labute approximate surface area is 376 Å². The zero-order valence-corrected chi connectivity index (χ0v) is 39.1. The van der Waals surface area contributed by atoms with E-state index in [0.717, 1.165) is 70.6 Å². The topological polar surface area (TPSA) is 175 Å². The first kappa shape index (κ1) is 57.6. The second kappa shape index (κ2) is 41.3. The summed E-state index contributed by atoms with van der Waals surface area (Å²) < 4.78 is 16.6. The minimum atomic E-state index is -1.59. The van der Waals surface area contributed by atoms with Gasteiger partial charge in [-0.1, -0.05) is 172 Å². The SMILES string of the molecule is CCCCC/C=C/CC/C=C/C(O)C(COC1OC(CO)C(O)C(O)C1O)NC(=O)CC/C=C\C/C=C\CCCCCCCCOC(=O)CCCCCCCCCCCCCC. The van der Waals surface area contributed by atoms with Crippen LogP contribution in [0.5, 0.6) is 0 Å². The minimum Gasteiger partial charge on any atom is -0.466 e. The molecule has 0 saturated carbocycles. The third kappa shape index (κ3) is 31.5. The van der Waals surface area contributed by atoms with Crippen molar-refractivity contribution < 1.29 is 49.3 Å². The van der Waals surface area contributed by atoms with Gasteiger partial charge in [-0.2, -0.15) is 0 Å². The van der Waals surface area contributed by atoms with E-state index in [1.165, 1.54) is 96.3 Å². The number of allylic oxidation sites excluding steroid dienone is 7. The van der Waals surface area contributed by atoms with Gasteiger partial charge in [0.2, 0.25) is 5.91 Å². The Balaban J connectivity index is 2.21. The highest BCUT2D eigenvalue weighted by atomic mass is 16.7. The predicted molar refractivity (Wildman–Crippen MR) is 250 cm³/mol. The Morgan fingerprint density at radius 3 is 1.76 bits per heavy atom. The molecule has 0 aromatic rings. The number of esters is 1. The summed E-state index contributed by atoms with van der Waals surface area (Å²) in [4.78, 5) is 24.9. The summed E-state index contributed by atoms with van der Waals surface area (Å²) in [7, 11) is 0. The fourth-order valence-corrected chi connectivity index (χ4v) is 7.38. The predicted octanol–water partition coefficient (Wildman–Crippen LogP) is 9.77. The lowest BCUT2D eigenvalue weighted by Gasteiger charge is -2.40. The second-order valence-corrected chi connectivity index (χ2v) is 17.2. The zero-order chi connectivity index (χ0) is 45.3. The molecule has 6 N–H and O–H groups in total. The van der Waals surface area contributed by atoms with E-state index < -0.39 is 49.5 Å². The van der Waals surface area contributed by atoms with E-state index in [2.05, 4.69) is 43.5 Å². The summed E-state index contributed by atoms with van der Waals surface area (Å²) >= 11 is 0. The third-order valence-corrected chi connectivity index (χ3v) is 11.4. The van der Waals surface area contributed by atoms with Gasteiger partial charge in [-0.15, -0.1) is 0 Å². The van der Waals surface area contributed by atoms with Gasteiger partial charge in [0.05, 0.1) is 32.0 Å². The number of carbonyl (C=O) groups excluding carboxylic acids is 2. The highest BCUT2D eigenvalue weighted by molar-refractivity contribution is 5.76. The maximum Gasteiger partial charge on any atom is 0.305 e. The fourth-order valence-electron chi connectivity index (χ4n) is 7.38. The van der Waals surface area contributed by atoms with Crippen molar-refractivity contribution in [2.24, 2.45) is 0 Å². The number of unbranched alkanes of at least 4 members (excludes halogenated alkanes) is 21. The maximum absolute atomic E-state index is 12.9. The second-order valence-electron chi connectivity index (χ2n) is 17.2. The molecule has 62 heavy (non-hydrogen) atoms. The molecule has 0 bridgehead atoms. The number of hydrogen-bond acceptors (Lipinski definition) is 10. The van der Waals surface area contributed by atoms with Crippen molar-refractivity contribution in [1.29, 1.82) is 0 Å². The molecule has 1 rings (SSSR count). The van der Waals surface area contributed by atoms with Gasteiger partial charge in [0.25, 0.3) is 0 Å². The van der Waals surface area contributed by atoms with Crippen LogP contribution in [0.3, 0.4) is 0 Å². The summed E-state index contributed by atoms with van der Waals surface area (Å²) in [6.07, 6.45) is 39.3. The van der Waals surface area contributed by atoms with Crippen molar-refractivity contribution in [3.05, 3.63) is 48.6 Å². The zero-order valence-electron chi connectivity index (χ0n) is 39.1. The number of aliphatic hydroxyl groups is 5. The average Bonchev–Trinajstić information content (AvgIpc) is 3.27.